The number of nitrogens with zero attached hydrogens (tertiary/aromatic N) is 3. The smallest absolute Gasteiger partial charge is 0.329 e. The van der Waals surface area contributed by atoms with E-state index in [0.717, 1.165) is 11.2 Å². The van der Waals surface area contributed by atoms with Crippen molar-refractivity contribution in [2.45, 2.75) is 24.3 Å². The van der Waals surface area contributed by atoms with Crippen LogP contribution in [0.1, 0.15) is 18.1 Å². The number of carbonyl (C=O) groups excluding carboxylic acids is 2. The van der Waals surface area contributed by atoms with Crippen LogP contribution < -0.4 is 10.2 Å². The molecule has 1 saturated heterocycles. The van der Waals surface area contributed by atoms with Crippen LogP contribution in [0, 0.1) is 6.92 Å². The number of imide groups is 1. The van der Waals surface area contributed by atoms with E-state index in [2.05, 4.69) is 15.5 Å². The van der Waals surface area contributed by atoms with Crippen molar-refractivity contribution >= 4 is 27.5 Å². The zero-order valence-electron chi connectivity index (χ0n) is 16.4. The molecule has 4 rings (SSSR count). The average Bonchev–Trinajstić information content (AvgIpc) is 3.30. The fourth-order valence-corrected chi connectivity index (χ4v) is 4.00. The zero-order valence-corrected chi connectivity index (χ0v) is 17.2. The predicted molar refractivity (Wildman–Crippen MR) is 107 cm³/mol. The lowest BCUT2D eigenvalue weighted by molar-refractivity contribution is -0.121. The molecule has 1 unspecified atom stereocenters. The summed E-state index contributed by atoms with van der Waals surface area (Å²) in [7, 11) is -3.38. The molecule has 0 bridgehead atoms. The maximum atomic E-state index is 13.3. The van der Waals surface area contributed by atoms with E-state index in [1.807, 2.05) is 0 Å². The molecular weight excluding hydrogens is 408 g/mol. The molecule has 10 heteroatoms. The van der Waals surface area contributed by atoms with Crippen LogP contribution in [0.5, 0.6) is 0 Å². The molecule has 1 N–H and O–H groups in total. The molecule has 1 aliphatic rings. The van der Waals surface area contributed by atoms with Gasteiger partial charge in [-0.15, -0.1) is 10.2 Å². The minimum Gasteiger partial charge on any atom is -0.423 e. The number of amides is 3. The lowest BCUT2D eigenvalue weighted by Gasteiger charge is -2.23. The van der Waals surface area contributed by atoms with Crippen molar-refractivity contribution in [2.75, 3.05) is 11.2 Å². The number of anilines is 1. The molecule has 2 heterocycles. The van der Waals surface area contributed by atoms with E-state index in [4.69, 9.17) is 4.42 Å². The van der Waals surface area contributed by atoms with Gasteiger partial charge in [-0.3, -0.25) is 4.79 Å². The summed E-state index contributed by atoms with van der Waals surface area (Å²) in [6.45, 7) is 3.37. The number of hydrogen-bond donors (Lipinski definition) is 1. The Labute approximate surface area is 172 Å². The van der Waals surface area contributed by atoms with Crippen molar-refractivity contribution in [1.82, 2.24) is 15.5 Å². The van der Waals surface area contributed by atoms with E-state index in [1.54, 1.807) is 32.0 Å². The fourth-order valence-electron chi connectivity index (χ4n) is 3.37. The van der Waals surface area contributed by atoms with Crippen molar-refractivity contribution in [3.05, 3.63) is 60.0 Å². The Bertz CT molecular complexity index is 1250. The minimum absolute atomic E-state index is 0.131. The number of carbonyl (C=O) groups is 2. The summed E-state index contributed by atoms with van der Waals surface area (Å²) in [6.07, 6.45) is 2.30. The number of urea groups is 1. The first-order valence-corrected chi connectivity index (χ1v) is 10.8. The van der Waals surface area contributed by atoms with Gasteiger partial charge < -0.3 is 9.73 Å². The second-order valence-corrected chi connectivity index (χ2v) is 9.25. The van der Waals surface area contributed by atoms with Crippen molar-refractivity contribution in [3.8, 4) is 11.5 Å². The van der Waals surface area contributed by atoms with Crippen LogP contribution >= 0.6 is 0 Å². The first-order valence-electron chi connectivity index (χ1n) is 8.96. The van der Waals surface area contributed by atoms with Gasteiger partial charge in [-0.1, -0.05) is 18.2 Å². The van der Waals surface area contributed by atoms with Gasteiger partial charge >= 0.3 is 6.03 Å². The molecule has 9 nitrogen and oxygen atoms in total. The van der Waals surface area contributed by atoms with Gasteiger partial charge in [-0.25, -0.2) is 18.1 Å². The Morgan fingerprint density at radius 1 is 1.10 bits per heavy atom. The van der Waals surface area contributed by atoms with E-state index in [1.165, 1.54) is 30.7 Å². The van der Waals surface area contributed by atoms with E-state index in [9.17, 15) is 18.0 Å². The monoisotopic (exact) mass is 426 g/mol. The third kappa shape index (κ3) is 3.14. The van der Waals surface area contributed by atoms with Gasteiger partial charge in [0, 0.05) is 11.8 Å². The summed E-state index contributed by atoms with van der Waals surface area (Å²) in [5, 5.41) is 10.2. The van der Waals surface area contributed by atoms with E-state index >= 15 is 0 Å². The number of benzene rings is 2. The third-order valence-corrected chi connectivity index (χ3v) is 6.24. The Hall–Kier alpha value is -3.53. The lowest BCUT2D eigenvalue weighted by atomic mass is 9.92. The Morgan fingerprint density at radius 2 is 1.80 bits per heavy atom. The van der Waals surface area contributed by atoms with Gasteiger partial charge in [0.25, 0.3) is 5.91 Å². The van der Waals surface area contributed by atoms with Gasteiger partial charge in [0.2, 0.25) is 12.3 Å². The first kappa shape index (κ1) is 19.8. The molecule has 1 aromatic heterocycles. The predicted octanol–water partition coefficient (Wildman–Crippen LogP) is 2.42. The largest absolute Gasteiger partial charge is 0.423 e. The lowest BCUT2D eigenvalue weighted by Crippen LogP contribution is -2.41. The molecule has 30 heavy (non-hydrogen) atoms. The van der Waals surface area contributed by atoms with Crippen LogP contribution in [0.4, 0.5) is 10.5 Å². The minimum atomic E-state index is -3.38. The standard InChI is InChI=1S/C20H18N4O5S/c1-12-4-5-13(17-23-21-11-29-17)10-16(12)24-18(25)20(2,22-19(24)26)14-6-8-15(9-7-14)30(3,27)28/h4-11H,1-3H3,(H,22,26). The van der Waals surface area contributed by atoms with Crippen molar-refractivity contribution < 1.29 is 22.4 Å². The second kappa shape index (κ2) is 6.77. The summed E-state index contributed by atoms with van der Waals surface area (Å²) in [6, 6.07) is 10.5. The highest BCUT2D eigenvalue weighted by Crippen LogP contribution is 2.35. The van der Waals surface area contributed by atoms with Crippen LogP contribution in [0.25, 0.3) is 11.5 Å². The van der Waals surface area contributed by atoms with Gasteiger partial charge in [0.15, 0.2) is 9.84 Å². The van der Waals surface area contributed by atoms with Crippen LogP contribution in [0.3, 0.4) is 0 Å². The van der Waals surface area contributed by atoms with Crippen LogP contribution in [-0.4, -0.2) is 36.8 Å². The average molecular weight is 426 g/mol. The highest BCUT2D eigenvalue weighted by atomic mass is 32.2. The van der Waals surface area contributed by atoms with Crippen molar-refractivity contribution in [3.63, 3.8) is 0 Å². The normalized spacial score (nSPS) is 19.2. The van der Waals surface area contributed by atoms with Gasteiger partial charge in [0.05, 0.1) is 10.6 Å². The fraction of sp³-hybridized carbons (Fsp3) is 0.200. The molecule has 0 saturated carbocycles. The molecular formula is C20H18N4O5S. The Kier molecular flexibility index (Phi) is 4.46. The number of aromatic nitrogens is 2. The van der Waals surface area contributed by atoms with E-state index in [-0.39, 0.29) is 10.8 Å². The number of aryl methyl sites for hydroxylation is 1. The summed E-state index contributed by atoms with van der Waals surface area (Å²) < 4.78 is 28.6. The number of rotatable bonds is 4. The molecule has 0 aliphatic carbocycles. The van der Waals surface area contributed by atoms with Gasteiger partial charge in [-0.05, 0) is 49.2 Å². The molecule has 0 radical (unpaired) electrons. The van der Waals surface area contributed by atoms with Gasteiger partial charge in [-0.2, -0.15) is 0 Å². The number of hydrogen-bond acceptors (Lipinski definition) is 7. The molecule has 1 fully saturated rings. The van der Waals surface area contributed by atoms with Crippen LogP contribution in [0.15, 0.2) is 58.2 Å². The van der Waals surface area contributed by atoms with Gasteiger partial charge in [0.1, 0.15) is 5.54 Å². The van der Waals surface area contributed by atoms with E-state index < -0.39 is 27.3 Å². The first-order chi connectivity index (χ1) is 14.1. The van der Waals surface area contributed by atoms with Crippen molar-refractivity contribution in [2.24, 2.45) is 0 Å². The zero-order chi connectivity index (χ0) is 21.7. The number of sulfone groups is 1. The summed E-state index contributed by atoms with van der Waals surface area (Å²) in [4.78, 5) is 27.3. The SMILES string of the molecule is Cc1ccc(-c2nnco2)cc1N1C(=O)NC(C)(c2ccc(S(C)(=O)=O)cc2)C1=O. The second-order valence-electron chi connectivity index (χ2n) is 7.24. The summed E-state index contributed by atoms with van der Waals surface area (Å²) in [5.41, 5.74) is 0.796. The van der Waals surface area contributed by atoms with Crippen molar-refractivity contribution in [1.29, 1.82) is 0 Å². The van der Waals surface area contributed by atoms with E-state index in [0.29, 0.717) is 22.4 Å². The third-order valence-electron chi connectivity index (χ3n) is 5.11. The summed E-state index contributed by atoms with van der Waals surface area (Å²) >= 11 is 0. The number of nitrogens with one attached hydrogen (secondary N) is 1. The van der Waals surface area contributed by atoms with Crippen LogP contribution in [0.2, 0.25) is 0 Å². The molecule has 1 aliphatic heterocycles. The molecule has 2 aromatic carbocycles. The Morgan fingerprint density at radius 3 is 2.40 bits per heavy atom. The molecule has 1 atom stereocenters. The highest BCUT2D eigenvalue weighted by Gasteiger charge is 2.50. The quantitative estimate of drug-likeness (QED) is 0.636. The maximum absolute atomic E-state index is 13.3. The molecule has 0 spiro atoms. The Balaban J connectivity index is 1.74. The summed E-state index contributed by atoms with van der Waals surface area (Å²) in [5.74, 6) is -0.215. The highest BCUT2D eigenvalue weighted by molar-refractivity contribution is 7.90. The molecule has 3 amide bonds. The maximum Gasteiger partial charge on any atom is 0.329 e. The molecule has 154 valence electrons. The topological polar surface area (TPSA) is 122 Å². The molecule has 3 aromatic rings. The van der Waals surface area contributed by atoms with Crippen LogP contribution in [-0.2, 0) is 20.2 Å².